The van der Waals surface area contributed by atoms with Crippen LogP contribution in [0.5, 0.6) is 5.75 Å². The van der Waals surface area contributed by atoms with Gasteiger partial charge in [-0.1, -0.05) is 60.8 Å². The minimum Gasteiger partial charge on any atom is -0.484 e. The lowest BCUT2D eigenvalue weighted by molar-refractivity contribution is -0.142. The molecule has 0 bridgehead atoms. The predicted octanol–water partition coefficient (Wildman–Crippen LogP) is 4.50. The van der Waals surface area contributed by atoms with Crippen molar-refractivity contribution in [2.75, 3.05) is 6.61 Å². The number of para-hydroxylation sites is 1. The summed E-state index contributed by atoms with van der Waals surface area (Å²) in [6, 6.07) is 14.5. The van der Waals surface area contributed by atoms with E-state index in [-0.39, 0.29) is 31.0 Å². The summed E-state index contributed by atoms with van der Waals surface area (Å²) in [6.45, 7) is 3.79. The molecular weight excluding hydrogens is 400 g/mol. The molecule has 3 rings (SSSR count). The van der Waals surface area contributed by atoms with E-state index in [1.165, 1.54) is 0 Å². The highest BCUT2D eigenvalue weighted by atomic mass is 35.5. The van der Waals surface area contributed by atoms with Gasteiger partial charge in [-0.15, -0.1) is 0 Å². The second kappa shape index (κ2) is 10.5. The largest absolute Gasteiger partial charge is 0.484 e. The molecule has 1 aliphatic carbocycles. The van der Waals surface area contributed by atoms with Crippen molar-refractivity contribution in [3.8, 4) is 5.75 Å². The molecule has 1 fully saturated rings. The second-order valence-corrected chi connectivity index (χ2v) is 8.24. The molecule has 160 valence electrons. The Morgan fingerprint density at radius 3 is 2.50 bits per heavy atom. The third-order valence-electron chi connectivity index (χ3n) is 5.61. The number of nitrogens with zero attached hydrogens (tertiary/aromatic N) is 1. The molecule has 0 aliphatic heterocycles. The first kappa shape index (κ1) is 22.2. The Balaban J connectivity index is 1.73. The first-order valence-corrected chi connectivity index (χ1v) is 10.8. The monoisotopic (exact) mass is 428 g/mol. The molecule has 30 heavy (non-hydrogen) atoms. The van der Waals surface area contributed by atoms with Gasteiger partial charge in [0.15, 0.2) is 6.61 Å². The summed E-state index contributed by atoms with van der Waals surface area (Å²) in [5.74, 6) is 0.261. The maximum absolute atomic E-state index is 13.1. The fraction of sp³-hybridized carbons (Fsp3) is 0.417. The van der Waals surface area contributed by atoms with Crippen LogP contribution in [0.4, 0.5) is 0 Å². The van der Waals surface area contributed by atoms with Gasteiger partial charge >= 0.3 is 0 Å². The summed E-state index contributed by atoms with van der Waals surface area (Å²) in [4.78, 5) is 27.5. The Kier molecular flexibility index (Phi) is 7.75. The molecule has 5 nitrogen and oxygen atoms in total. The molecule has 0 saturated heterocycles. The average molecular weight is 429 g/mol. The van der Waals surface area contributed by atoms with Crippen molar-refractivity contribution >= 4 is 23.4 Å². The second-order valence-electron chi connectivity index (χ2n) is 7.83. The van der Waals surface area contributed by atoms with Crippen molar-refractivity contribution < 1.29 is 14.3 Å². The van der Waals surface area contributed by atoms with E-state index in [1.54, 1.807) is 17.9 Å². The molecule has 0 spiro atoms. The number of amides is 2. The summed E-state index contributed by atoms with van der Waals surface area (Å²) in [6.07, 6.45) is 4.25. The number of nitrogens with one attached hydrogen (secondary N) is 1. The van der Waals surface area contributed by atoms with Crippen LogP contribution in [-0.2, 0) is 16.1 Å². The Morgan fingerprint density at radius 2 is 1.80 bits per heavy atom. The smallest absolute Gasteiger partial charge is 0.261 e. The van der Waals surface area contributed by atoms with E-state index in [0.717, 1.165) is 36.8 Å². The van der Waals surface area contributed by atoms with Crippen LogP contribution in [0, 0.1) is 6.92 Å². The summed E-state index contributed by atoms with van der Waals surface area (Å²) in [7, 11) is 0. The highest BCUT2D eigenvalue weighted by Crippen LogP contribution is 2.21. The van der Waals surface area contributed by atoms with Crippen molar-refractivity contribution in [2.24, 2.45) is 0 Å². The van der Waals surface area contributed by atoms with Gasteiger partial charge in [-0.05, 0) is 49.9 Å². The van der Waals surface area contributed by atoms with Gasteiger partial charge in [-0.25, -0.2) is 0 Å². The Labute approximate surface area is 183 Å². The molecule has 1 N–H and O–H groups in total. The number of aryl methyl sites for hydroxylation is 1. The number of carbonyl (C=O) groups excluding carboxylic acids is 2. The van der Waals surface area contributed by atoms with E-state index in [4.69, 9.17) is 16.3 Å². The van der Waals surface area contributed by atoms with Gasteiger partial charge in [0.1, 0.15) is 11.8 Å². The van der Waals surface area contributed by atoms with Gasteiger partial charge in [0.05, 0.1) is 0 Å². The van der Waals surface area contributed by atoms with Crippen LogP contribution < -0.4 is 10.1 Å². The predicted molar refractivity (Wildman–Crippen MR) is 119 cm³/mol. The minimum absolute atomic E-state index is 0.141. The van der Waals surface area contributed by atoms with Gasteiger partial charge in [-0.3, -0.25) is 9.59 Å². The standard InChI is InChI=1S/C24H29ClN2O3/c1-17-9-3-8-14-22(17)30-16-23(28)27(15-19-10-4-7-13-21(19)25)18(2)24(29)26-20-11-5-6-12-20/h3-4,7-10,13-14,18,20H,5-6,11-12,15-16H2,1-2H3,(H,26,29). The number of hydrogen-bond donors (Lipinski definition) is 1. The lowest BCUT2D eigenvalue weighted by atomic mass is 10.1. The molecule has 0 radical (unpaired) electrons. The fourth-order valence-electron chi connectivity index (χ4n) is 3.73. The first-order valence-electron chi connectivity index (χ1n) is 10.5. The van der Waals surface area contributed by atoms with E-state index in [2.05, 4.69) is 5.32 Å². The summed E-state index contributed by atoms with van der Waals surface area (Å²) in [5.41, 5.74) is 1.75. The molecule has 6 heteroatoms. The highest BCUT2D eigenvalue weighted by Gasteiger charge is 2.29. The van der Waals surface area contributed by atoms with Gasteiger partial charge in [-0.2, -0.15) is 0 Å². The molecule has 2 aromatic carbocycles. The maximum atomic E-state index is 13.1. The first-order chi connectivity index (χ1) is 14.5. The normalized spacial score (nSPS) is 14.9. The third kappa shape index (κ3) is 5.76. The van der Waals surface area contributed by atoms with Crippen LogP contribution in [0.3, 0.4) is 0 Å². The van der Waals surface area contributed by atoms with E-state index in [1.807, 2.05) is 49.4 Å². The Bertz CT molecular complexity index is 880. The average Bonchev–Trinajstić information content (AvgIpc) is 3.25. The van der Waals surface area contributed by atoms with E-state index in [9.17, 15) is 9.59 Å². The van der Waals surface area contributed by atoms with Crippen LogP contribution in [-0.4, -0.2) is 35.4 Å². The van der Waals surface area contributed by atoms with Crippen molar-refractivity contribution in [1.82, 2.24) is 10.2 Å². The topological polar surface area (TPSA) is 58.6 Å². The molecule has 0 heterocycles. The van der Waals surface area contributed by atoms with Crippen molar-refractivity contribution in [1.29, 1.82) is 0 Å². The summed E-state index contributed by atoms with van der Waals surface area (Å²) >= 11 is 6.32. The number of ether oxygens (including phenoxy) is 1. The van der Waals surface area contributed by atoms with Gasteiger partial charge in [0.25, 0.3) is 5.91 Å². The zero-order valence-corrected chi connectivity index (χ0v) is 18.3. The number of rotatable bonds is 8. The molecule has 2 aromatic rings. The number of halogens is 1. The van der Waals surface area contributed by atoms with Crippen molar-refractivity contribution in [3.63, 3.8) is 0 Å². The van der Waals surface area contributed by atoms with Crippen LogP contribution in [0.1, 0.15) is 43.7 Å². The Hall–Kier alpha value is -2.53. The Morgan fingerprint density at radius 1 is 1.13 bits per heavy atom. The van der Waals surface area contributed by atoms with E-state index < -0.39 is 6.04 Å². The molecule has 0 aromatic heterocycles. The fourth-order valence-corrected chi connectivity index (χ4v) is 3.92. The van der Waals surface area contributed by atoms with Crippen LogP contribution in [0.2, 0.25) is 5.02 Å². The molecule has 1 unspecified atom stereocenters. The van der Waals surface area contributed by atoms with Crippen LogP contribution in [0.15, 0.2) is 48.5 Å². The SMILES string of the molecule is Cc1ccccc1OCC(=O)N(Cc1ccccc1Cl)C(C)C(=O)NC1CCCC1. The maximum Gasteiger partial charge on any atom is 0.261 e. The van der Waals surface area contributed by atoms with Gasteiger partial charge < -0.3 is 15.0 Å². The zero-order valence-electron chi connectivity index (χ0n) is 17.6. The summed E-state index contributed by atoms with van der Waals surface area (Å²) < 4.78 is 5.75. The lowest BCUT2D eigenvalue weighted by Gasteiger charge is -2.30. The van der Waals surface area contributed by atoms with Gasteiger partial charge in [0, 0.05) is 17.6 Å². The highest BCUT2D eigenvalue weighted by molar-refractivity contribution is 6.31. The minimum atomic E-state index is -0.630. The third-order valence-corrected chi connectivity index (χ3v) is 5.98. The molecule has 2 amide bonds. The molecular formula is C24H29ClN2O3. The zero-order chi connectivity index (χ0) is 21.5. The van der Waals surface area contributed by atoms with Crippen molar-refractivity contribution in [2.45, 2.75) is 58.2 Å². The summed E-state index contributed by atoms with van der Waals surface area (Å²) in [5, 5.41) is 3.66. The number of hydrogen-bond acceptors (Lipinski definition) is 3. The van der Waals surface area contributed by atoms with Crippen LogP contribution >= 0.6 is 11.6 Å². The van der Waals surface area contributed by atoms with E-state index >= 15 is 0 Å². The molecule has 1 saturated carbocycles. The van der Waals surface area contributed by atoms with Crippen molar-refractivity contribution in [3.05, 3.63) is 64.7 Å². The number of benzene rings is 2. The lowest BCUT2D eigenvalue weighted by Crippen LogP contribution is -2.50. The van der Waals surface area contributed by atoms with Gasteiger partial charge in [0.2, 0.25) is 5.91 Å². The number of carbonyl (C=O) groups is 2. The molecule has 1 atom stereocenters. The quantitative estimate of drug-likeness (QED) is 0.673. The molecule has 1 aliphatic rings. The van der Waals surface area contributed by atoms with Crippen LogP contribution in [0.25, 0.3) is 0 Å². The van der Waals surface area contributed by atoms with E-state index in [0.29, 0.717) is 10.8 Å².